The molecular formula is C10H18N4O. The van der Waals surface area contributed by atoms with Crippen molar-refractivity contribution in [2.75, 3.05) is 14.1 Å². The Bertz CT molecular complexity index is 332. The Kier molecular flexibility index (Phi) is 3.85. The molecule has 5 heteroatoms. The second kappa shape index (κ2) is 4.93. The maximum atomic E-state index is 11.5. The summed E-state index contributed by atoms with van der Waals surface area (Å²) in [5.41, 5.74) is 0.941. The Labute approximate surface area is 90.1 Å². The molecule has 5 nitrogen and oxygen atoms in total. The van der Waals surface area contributed by atoms with Crippen LogP contribution in [-0.4, -0.2) is 40.7 Å². The van der Waals surface area contributed by atoms with Crippen molar-refractivity contribution < 1.29 is 4.79 Å². The Morgan fingerprint density at radius 2 is 2.33 bits per heavy atom. The van der Waals surface area contributed by atoms with Gasteiger partial charge in [0.25, 0.3) is 0 Å². The standard InChI is InChI=1S/C10H18N4O/c1-8(10(15)13(2)3)11-7-9-5-6-14(4)12-9/h5-6,8,11H,7H2,1-4H3. The van der Waals surface area contributed by atoms with Crippen LogP contribution in [0.3, 0.4) is 0 Å². The summed E-state index contributed by atoms with van der Waals surface area (Å²) in [6, 6.07) is 1.75. The molecular weight excluding hydrogens is 192 g/mol. The van der Waals surface area contributed by atoms with Gasteiger partial charge in [-0.2, -0.15) is 5.10 Å². The Morgan fingerprint density at radius 1 is 1.67 bits per heavy atom. The van der Waals surface area contributed by atoms with Crippen LogP contribution in [0, 0.1) is 0 Å². The first-order valence-corrected chi connectivity index (χ1v) is 4.93. The summed E-state index contributed by atoms with van der Waals surface area (Å²) < 4.78 is 1.75. The van der Waals surface area contributed by atoms with Crippen molar-refractivity contribution in [3.63, 3.8) is 0 Å². The number of amides is 1. The third-order valence-corrected chi connectivity index (χ3v) is 2.17. The van der Waals surface area contributed by atoms with Crippen molar-refractivity contribution >= 4 is 5.91 Å². The fourth-order valence-corrected chi connectivity index (χ4v) is 1.29. The minimum Gasteiger partial charge on any atom is -0.347 e. The van der Waals surface area contributed by atoms with Crippen molar-refractivity contribution in [2.45, 2.75) is 19.5 Å². The van der Waals surface area contributed by atoms with Gasteiger partial charge in [0.05, 0.1) is 11.7 Å². The lowest BCUT2D eigenvalue weighted by Crippen LogP contribution is -2.41. The molecule has 1 N–H and O–H groups in total. The van der Waals surface area contributed by atoms with E-state index in [1.165, 1.54) is 0 Å². The summed E-state index contributed by atoms with van der Waals surface area (Å²) in [5.74, 6) is 0.0749. The molecule has 1 rings (SSSR count). The largest absolute Gasteiger partial charge is 0.347 e. The van der Waals surface area contributed by atoms with Gasteiger partial charge in [0.15, 0.2) is 0 Å². The Balaban J connectivity index is 2.40. The number of aromatic nitrogens is 2. The van der Waals surface area contributed by atoms with Crippen molar-refractivity contribution in [3.8, 4) is 0 Å². The number of nitrogens with one attached hydrogen (secondary N) is 1. The second-order valence-corrected chi connectivity index (χ2v) is 3.82. The summed E-state index contributed by atoms with van der Waals surface area (Å²) in [6.45, 7) is 2.47. The van der Waals surface area contributed by atoms with Crippen LogP contribution in [0.2, 0.25) is 0 Å². The molecule has 15 heavy (non-hydrogen) atoms. The van der Waals surface area contributed by atoms with E-state index < -0.39 is 0 Å². The molecule has 0 saturated heterocycles. The first-order chi connectivity index (χ1) is 7.00. The van der Waals surface area contributed by atoms with Gasteiger partial charge in [-0.3, -0.25) is 9.48 Å². The van der Waals surface area contributed by atoms with E-state index in [1.807, 2.05) is 26.2 Å². The molecule has 0 aliphatic carbocycles. The van der Waals surface area contributed by atoms with Gasteiger partial charge in [-0.1, -0.05) is 0 Å². The molecule has 0 spiro atoms. The molecule has 1 unspecified atom stereocenters. The summed E-state index contributed by atoms with van der Waals surface area (Å²) in [4.78, 5) is 13.1. The molecule has 0 bridgehead atoms. The predicted octanol–water partition coefficient (Wildman–Crippen LogP) is -0.0136. The molecule has 0 fully saturated rings. The normalized spacial score (nSPS) is 12.5. The average Bonchev–Trinajstić information content (AvgIpc) is 2.59. The minimum atomic E-state index is -0.179. The van der Waals surface area contributed by atoms with Gasteiger partial charge in [-0.05, 0) is 13.0 Å². The van der Waals surface area contributed by atoms with E-state index in [0.29, 0.717) is 6.54 Å². The molecule has 1 amide bonds. The molecule has 1 heterocycles. The first-order valence-electron chi connectivity index (χ1n) is 4.93. The minimum absolute atomic E-state index is 0.0749. The van der Waals surface area contributed by atoms with Crippen molar-refractivity contribution in [1.82, 2.24) is 20.0 Å². The average molecular weight is 210 g/mol. The third kappa shape index (κ3) is 3.36. The van der Waals surface area contributed by atoms with Crippen LogP contribution in [0.25, 0.3) is 0 Å². The molecule has 1 atom stereocenters. The van der Waals surface area contributed by atoms with Crippen LogP contribution >= 0.6 is 0 Å². The molecule has 0 aromatic carbocycles. The quantitative estimate of drug-likeness (QED) is 0.760. The fourth-order valence-electron chi connectivity index (χ4n) is 1.29. The highest BCUT2D eigenvalue weighted by Gasteiger charge is 2.13. The molecule has 84 valence electrons. The monoisotopic (exact) mass is 210 g/mol. The van der Waals surface area contributed by atoms with Crippen LogP contribution in [0.15, 0.2) is 12.3 Å². The maximum absolute atomic E-state index is 11.5. The van der Waals surface area contributed by atoms with E-state index in [1.54, 1.807) is 23.7 Å². The topological polar surface area (TPSA) is 50.2 Å². The zero-order valence-electron chi connectivity index (χ0n) is 9.69. The van der Waals surface area contributed by atoms with E-state index in [4.69, 9.17) is 0 Å². The summed E-state index contributed by atoms with van der Waals surface area (Å²) >= 11 is 0. The molecule has 0 saturated carbocycles. The molecule has 0 radical (unpaired) electrons. The number of likely N-dealkylation sites (N-methyl/N-ethyl adjacent to an activating group) is 1. The molecule has 1 aromatic heterocycles. The maximum Gasteiger partial charge on any atom is 0.238 e. The molecule has 1 aromatic rings. The lowest BCUT2D eigenvalue weighted by molar-refractivity contribution is -0.130. The lowest BCUT2D eigenvalue weighted by atomic mass is 10.3. The lowest BCUT2D eigenvalue weighted by Gasteiger charge is -2.17. The number of aryl methyl sites for hydroxylation is 1. The zero-order valence-corrected chi connectivity index (χ0v) is 9.69. The van der Waals surface area contributed by atoms with Gasteiger partial charge in [-0.25, -0.2) is 0 Å². The zero-order chi connectivity index (χ0) is 11.4. The summed E-state index contributed by atoms with van der Waals surface area (Å²) in [5, 5.41) is 7.34. The highest BCUT2D eigenvalue weighted by Crippen LogP contribution is 1.95. The van der Waals surface area contributed by atoms with Gasteiger partial charge in [0.2, 0.25) is 5.91 Å². The Hall–Kier alpha value is -1.36. The fraction of sp³-hybridized carbons (Fsp3) is 0.600. The van der Waals surface area contributed by atoms with Crippen LogP contribution in [0.5, 0.6) is 0 Å². The van der Waals surface area contributed by atoms with Crippen LogP contribution < -0.4 is 5.32 Å². The summed E-state index contributed by atoms with van der Waals surface area (Å²) in [6.07, 6.45) is 1.88. The van der Waals surface area contributed by atoms with Gasteiger partial charge >= 0.3 is 0 Å². The van der Waals surface area contributed by atoms with Crippen LogP contribution in [0.4, 0.5) is 0 Å². The van der Waals surface area contributed by atoms with E-state index in [2.05, 4.69) is 10.4 Å². The van der Waals surface area contributed by atoms with Crippen LogP contribution in [0.1, 0.15) is 12.6 Å². The highest BCUT2D eigenvalue weighted by atomic mass is 16.2. The summed E-state index contributed by atoms with van der Waals surface area (Å²) in [7, 11) is 5.38. The number of nitrogens with zero attached hydrogens (tertiary/aromatic N) is 3. The number of carbonyl (C=O) groups is 1. The number of rotatable bonds is 4. The van der Waals surface area contributed by atoms with Gasteiger partial charge in [0, 0.05) is 33.9 Å². The Morgan fingerprint density at radius 3 is 2.80 bits per heavy atom. The van der Waals surface area contributed by atoms with Crippen molar-refractivity contribution in [3.05, 3.63) is 18.0 Å². The highest BCUT2D eigenvalue weighted by molar-refractivity contribution is 5.80. The van der Waals surface area contributed by atoms with E-state index in [9.17, 15) is 4.79 Å². The SMILES string of the molecule is CC(NCc1ccn(C)n1)C(=O)N(C)C. The predicted molar refractivity (Wildman–Crippen MR) is 58.2 cm³/mol. The molecule has 0 aliphatic heterocycles. The van der Waals surface area contributed by atoms with E-state index in [0.717, 1.165) is 5.69 Å². The van der Waals surface area contributed by atoms with E-state index >= 15 is 0 Å². The third-order valence-electron chi connectivity index (χ3n) is 2.17. The van der Waals surface area contributed by atoms with Gasteiger partial charge < -0.3 is 10.2 Å². The van der Waals surface area contributed by atoms with Gasteiger partial charge in [0.1, 0.15) is 0 Å². The van der Waals surface area contributed by atoms with Crippen molar-refractivity contribution in [2.24, 2.45) is 7.05 Å². The van der Waals surface area contributed by atoms with Crippen LogP contribution in [-0.2, 0) is 18.4 Å². The molecule has 0 aliphatic rings. The number of carbonyl (C=O) groups excluding carboxylic acids is 1. The van der Waals surface area contributed by atoms with Gasteiger partial charge in [-0.15, -0.1) is 0 Å². The number of hydrogen-bond donors (Lipinski definition) is 1. The van der Waals surface area contributed by atoms with Crippen molar-refractivity contribution in [1.29, 1.82) is 0 Å². The van der Waals surface area contributed by atoms with E-state index in [-0.39, 0.29) is 11.9 Å². The smallest absolute Gasteiger partial charge is 0.238 e. The number of hydrogen-bond acceptors (Lipinski definition) is 3. The first kappa shape index (κ1) is 11.7. The second-order valence-electron chi connectivity index (χ2n) is 3.82.